The Balaban J connectivity index is 1.89. The summed E-state index contributed by atoms with van der Waals surface area (Å²) in [5, 5.41) is 0. The van der Waals surface area contributed by atoms with Crippen LogP contribution in [0, 0.1) is 12.8 Å². The number of nitrogen functional groups attached to an aromatic ring is 1. The van der Waals surface area contributed by atoms with Crippen molar-refractivity contribution in [3.63, 3.8) is 0 Å². The van der Waals surface area contributed by atoms with Crippen LogP contribution in [0.3, 0.4) is 0 Å². The van der Waals surface area contributed by atoms with Gasteiger partial charge in [-0.25, -0.2) is 0 Å². The summed E-state index contributed by atoms with van der Waals surface area (Å²) in [7, 11) is 4.35. The molecule has 0 aromatic heterocycles. The van der Waals surface area contributed by atoms with E-state index in [0.717, 1.165) is 23.8 Å². The zero-order valence-corrected chi connectivity index (χ0v) is 11.8. The highest BCUT2D eigenvalue weighted by molar-refractivity contribution is 5.68. The smallest absolute Gasteiger partial charge is 0.0597 e. The second-order valence-electron chi connectivity index (χ2n) is 5.69. The van der Waals surface area contributed by atoms with Crippen LogP contribution in [0.4, 0.5) is 11.4 Å². The number of benzene rings is 1. The van der Waals surface area contributed by atoms with Crippen molar-refractivity contribution < 1.29 is 0 Å². The number of rotatable bonds is 4. The third kappa shape index (κ3) is 3.16. The number of anilines is 2. The topological polar surface area (TPSA) is 32.5 Å². The van der Waals surface area contributed by atoms with Crippen molar-refractivity contribution >= 4 is 11.4 Å². The van der Waals surface area contributed by atoms with Crippen LogP contribution in [-0.4, -0.2) is 38.6 Å². The van der Waals surface area contributed by atoms with Gasteiger partial charge in [0.2, 0.25) is 0 Å². The molecule has 100 valence electrons. The van der Waals surface area contributed by atoms with Crippen LogP contribution >= 0.6 is 0 Å². The number of likely N-dealkylation sites (tertiary alicyclic amines) is 1. The highest BCUT2D eigenvalue weighted by Gasteiger charge is 2.19. The SMILES string of the molecule is Cc1ccc(N(C)CCC2CCN(C)C2)c(N)c1. The van der Waals surface area contributed by atoms with E-state index in [0.29, 0.717) is 0 Å². The first-order valence-corrected chi connectivity index (χ1v) is 6.82. The lowest BCUT2D eigenvalue weighted by Gasteiger charge is -2.23. The van der Waals surface area contributed by atoms with E-state index >= 15 is 0 Å². The maximum atomic E-state index is 6.08. The molecule has 1 aromatic rings. The molecule has 1 aliphatic heterocycles. The number of aryl methyl sites for hydroxylation is 1. The average molecular weight is 247 g/mol. The van der Waals surface area contributed by atoms with Crippen LogP contribution in [0.1, 0.15) is 18.4 Å². The van der Waals surface area contributed by atoms with E-state index < -0.39 is 0 Å². The summed E-state index contributed by atoms with van der Waals surface area (Å²) < 4.78 is 0. The van der Waals surface area contributed by atoms with Crippen LogP contribution in [0.5, 0.6) is 0 Å². The first-order valence-electron chi connectivity index (χ1n) is 6.82. The number of hydrogen-bond donors (Lipinski definition) is 1. The quantitative estimate of drug-likeness (QED) is 0.829. The Labute approximate surface area is 111 Å². The van der Waals surface area contributed by atoms with E-state index in [1.54, 1.807) is 0 Å². The van der Waals surface area contributed by atoms with Crippen LogP contribution in [-0.2, 0) is 0 Å². The second-order valence-corrected chi connectivity index (χ2v) is 5.69. The monoisotopic (exact) mass is 247 g/mol. The van der Waals surface area contributed by atoms with Crippen molar-refractivity contribution in [1.82, 2.24) is 4.90 Å². The van der Waals surface area contributed by atoms with Gasteiger partial charge in [0, 0.05) is 20.1 Å². The van der Waals surface area contributed by atoms with E-state index in [-0.39, 0.29) is 0 Å². The fraction of sp³-hybridized carbons (Fsp3) is 0.600. The van der Waals surface area contributed by atoms with Crippen LogP contribution in [0.15, 0.2) is 18.2 Å². The van der Waals surface area contributed by atoms with Gasteiger partial charge in [-0.05, 0) is 57.0 Å². The molecule has 1 atom stereocenters. The molecule has 18 heavy (non-hydrogen) atoms. The fourth-order valence-electron chi connectivity index (χ4n) is 2.78. The molecule has 2 N–H and O–H groups in total. The summed E-state index contributed by atoms with van der Waals surface area (Å²) in [6.45, 7) is 5.67. The molecule has 1 aromatic carbocycles. The highest BCUT2D eigenvalue weighted by atomic mass is 15.1. The van der Waals surface area contributed by atoms with Crippen molar-refractivity contribution in [1.29, 1.82) is 0 Å². The van der Waals surface area contributed by atoms with Gasteiger partial charge in [0.1, 0.15) is 0 Å². The van der Waals surface area contributed by atoms with Gasteiger partial charge in [-0.1, -0.05) is 6.07 Å². The van der Waals surface area contributed by atoms with E-state index in [1.165, 1.54) is 31.5 Å². The van der Waals surface area contributed by atoms with Gasteiger partial charge < -0.3 is 15.5 Å². The van der Waals surface area contributed by atoms with Gasteiger partial charge >= 0.3 is 0 Å². The standard InChI is InChI=1S/C15H25N3/c1-12-4-5-15(14(16)10-12)18(3)9-7-13-6-8-17(2)11-13/h4-5,10,13H,6-9,11,16H2,1-3H3. The van der Waals surface area contributed by atoms with E-state index in [1.807, 2.05) is 0 Å². The minimum atomic E-state index is 0.851. The normalized spacial score (nSPS) is 20.3. The van der Waals surface area contributed by atoms with Gasteiger partial charge in [-0.2, -0.15) is 0 Å². The Bertz CT molecular complexity index is 403. The number of hydrogen-bond acceptors (Lipinski definition) is 3. The lowest BCUT2D eigenvalue weighted by Crippen LogP contribution is -2.23. The third-order valence-electron chi connectivity index (χ3n) is 3.96. The molecule has 3 nitrogen and oxygen atoms in total. The zero-order chi connectivity index (χ0) is 13.1. The molecular formula is C15H25N3. The molecule has 0 aliphatic carbocycles. The summed E-state index contributed by atoms with van der Waals surface area (Å²) >= 11 is 0. The molecule has 0 saturated carbocycles. The minimum absolute atomic E-state index is 0.851. The molecule has 0 radical (unpaired) electrons. The Morgan fingerprint density at radius 1 is 1.44 bits per heavy atom. The average Bonchev–Trinajstić information content (AvgIpc) is 2.72. The summed E-state index contributed by atoms with van der Waals surface area (Å²) in [5.41, 5.74) is 9.35. The zero-order valence-electron chi connectivity index (χ0n) is 11.8. The molecule has 1 saturated heterocycles. The summed E-state index contributed by atoms with van der Waals surface area (Å²) in [6.07, 6.45) is 2.60. The Morgan fingerprint density at radius 2 is 2.22 bits per heavy atom. The van der Waals surface area contributed by atoms with Crippen molar-refractivity contribution in [3.05, 3.63) is 23.8 Å². The van der Waals surface area contributed by atoms with Crippen LogP contribution in [0.2, 0.25) is 0 Å². The lowest BCUT2D eigenvalue weighted by molar-refractivity contribution is 0.389. The molecule has 1 fully saturated rings. The van der Waals surface area contributed by atoms with Gasteiger partial charge in [0.15, 0.2) is 0 Å². The second kappa shape index (κ2) is 5.61. The Kier molecular flexibility index (Phi) is 4.12. The summed E-state index contributed by atoms with van der Waals surface area (Å²) in [4.78, 5) is 4.71. The lowest BCUT2D eigenvalue weighted by atomic mass is 10.0. The molecule has 0 spiro atoms. The van der Waals surface area contributed by atoms with Crippen LogP contribution < -0.4 is 10.6 Å². The van der Waals surface area contributed by atoms with Gasteiger partial charge in [0.25, 0.3) is 0 Å². The molecule has 1 aliphatic rings. The molecule has 1 heterocycles. The van der Waals surface area contributed by atoms with Crippen molar-refractivity contribution in [2.75, 3.05) is 44.4 Å². The Morgan fingerprint density at radius 3 is 2.83 bits per heavy atom. The largest absolute Gasteiger partial charge is 0.397 e. The van der Waals surface area contributed by atoms with Gasteiger partial charge in [-0.3, -0.25) is 0 Å². The molecule has 2 rings (SSSR count). The van der Waals surface area contributed by atoms with Crippen LogP contribution in [0.25, 0.3) is 0 Å². The van der Waals surface area contributed by atoms with Crippen molar-refractivity contribution in [2.45, 2.75) is 19.8 Å². The minimum Gasteiger partial charge on any atom is -0.397 e. The van der Waals surface area contributed by atoms with E-state index in [2.05, 4.69) is 49.0 Å². The summed E-state index contributed by atoms with van der Waals surface area (Å²) in [6, 6.07) is 6.31. The first-order chi connectivity index (χ1) is 8.56. The van der Waals surface area contributed by atoms with Crippen molar-refractivity contribution in [3.8, 4) is 0 Å². The Hall–Kier alpha value is -1.22. The molecule has 1 unspecified atom stereocenters. The maximum Gasteiger partial charge on any atom is 0.0597 e. The number of nitrogens with zero attached hydrogens (tertiary/aromatic N) is 2. The van der Waals surface area contributed by atoms with Crippen molar-refractivity contribution in [2.24, 2.45) is 5.92 Å². The first kappa shape index (κ1) is 13.2. The molecule has 0 amide bonds. The molecule has 0 bridgehead atoms. The summed E-state index contributed by atoms with van der Waals surface area (Å²) in [5.74, 6) is 0.851. The predicted molar refractivity (Wildman–Crippen MR) is 79.1 cm³/mol. The predicted octanol–water partition coefficient (Wildman–Crippen LogP) is 2.36. The van der Waals surface area contributed by atoms with Gasteiger partial charge in [0.05, 0.1) is 11.4 Å². The van der Waals surface area contributed by atoms with E-state index in [4.69, 9.17) is 5.73 Å². The maximum absolute atomic E-state index is 6.08. The fourth-order valence-corrected chi connectivity index (χ4v) is 2.78. The number of nitrogens with two attached hydrogens (primary N) is 1. The van der Waals surface area contributed by atoms with E-state index in [9.17, 15) is 0 Å². The molecular weight excluding hydrogens is 222 g/mol. The third-order valence-corrected chi connectivity index (χ3v) is 3.96. The van der Waals surface area contributed by atoms with Gasteiger partial charge in [-0.15, -0.1) is 0 Å². The highest BCUT2D eigenvalue weighted by Crippen LogP contribution is 2.25. The molecule has 3 heteroatoms.